The second-order valence-electron chi connectivity index (χ2n) is 8.80. The van der Waals surface area contributed by atoms with Crippen LogP contribution in [0.5, 0.6) is 0 Å². The van der Waals surface area contributed by atoms with E-state index in [-0.39, 0.29) is 46.8 Å². The summed E-state index contributed by atoms with van der Waals surface area (Å²) in [7, 11) is 1.13. The molecule has 0 saturated heterocycles. The number of allylic oxidation sites excluding steroid dienone is 1. The first-order valence-electron chi connectivity index (χ1n) is 11.6. The Balaban J connectivity index is 1.62. The van der Waals surface area contributed by atoms with Crippen LogP contribution in [0.1, 0.15) is 51.6 Å². The van der Waals surface area contributed by atoms with Crippen LogP contribution < -0.4 is 0 Å². The van der Waals surface area contributed by atoms with Gasteiger partial charge in [-0.1, -0.05) is 30.3 Å². The van der Waals surface area contributed by atoms with Crippen LogP contribution in [0.2, 0.25) is 0 Å². The molecule has 0 bridgehead atoms. The summed E-state index contributed by atoms with van der Waals surface area (Å²) in [6, 6.07) is 10.6. The zero-order chi connectivity index (χ0) is 27.8. The predicted molar refractivity (Wildman–Crippen MR) is 128 cm³/mol. The van der Waals surface area contributed by atoms with Crippen molar-refractivity contribution in [2.75, 3.05) is 20.3 Å². The number of benzene rings is 2. The first kappa shape index (κ1) is 26.8. The topological polar surface area (TPSA) is 102 Å². The second-order valence-corrected chi connectivity index (χ2v) is 8.80. The number of nitrogens with zero attached hydrogens (tertiary/aromatic N) is 2. The van der Waals surface area contributed by atoms with Gasteiger partial charge in [0.05, 0.1) is 35.9 Å². The molecule has 4 rings (SSSR count). The summed E-state index contributed by atoms with van der Waals surface area (Å²) < 4.78 is 50.6. The molecule has 0 aromatic heterocycles. The van der Waals surface area contributed by atoms with Gasteiger partial charge in [0.2, 0.25) is 0 Å². The summed E-state index contributed by atoms with van der Waals surface area (Å²) in [6.45, 7) is 2.40. The average Bonchev–Trinajstić information content (AvgIpc) is 3.12. The van der Waals surface area contributed by atoms with Gasteiger partial charge < -0.3 is 9.47 Å². The molecular weight excluding hydrogens is 505 g/mol. The fraction of sp³-hybridized carbons (Fsp3) is 0.296. The van der Waals surface area contributed by atoms with Crippen molar-refractivity contribution >= 4 is 29.5 Å². The molecule has 2 atom stereocenters. The fourth-order valence-electron chi connectivity index (χ4n) is 4.75. The van der Waals surface area contributed by atoms with Crippen LogP contribution in [0.15, 0.2) is 64.8 Å². The van der Waals surface area contributed by atoms with Crippen molar-refractivity contribution in [2.45, 2.75) is 25.9 Å². The van der Waals surface area contributed by atoms with Gasteiger partial charge in [0.1, 0.15) is 12.5 Å². The fourth-order valence-corrected chi connectivity index (χ4v) is 4.75. The van der Waals surface area contributed by atoms with E-state index < -0.39 is 47.3 Å². The molecule has 2 aliphatic heterocycles. The lowest BCUT2D eigenvalue weighted by Crippen LogP contribution is -2.37. The lowest BCUT2D eigenvalue weighted by Gasteiger charge is -2.31. The molecule has 198 valence electrons. The highest BCUT2D eigenvalue weighted by Gasteiger charge is 2.43. The van der Waals surface area contributed by atoms with Crippen molar-refractivity contribution in [1.29, 1.82) is 0 Å². The van der Waals surface area contributed by atoms with E-state index in [2.05, 4.69) is 4.99 Å². The van der Waals surface area contributed by atoms with Crippen LogP contribution in [0, 0.1) is 5.92 Å². The third-order valence-electron chi connectivity index (χ3n) is 6.50. The molecule has 0 aliphatic carbocycles. The molecule has 2 aliphatic rings. The minimum absolute atomic E-state index is 0.0520. The van der Waals surface area contributed by atoms with Crippen LogP contribution >= 0.6 is 0 Å². The summed E-state index contributed by atoms with van der Waals surface area (Å²) in [5, 5.41) is 0. The van der Waals surface area contributed by atoms with Gasteiger partial charge in [-0.25, -0.2) is 4.79 Å². The molecule has 11 heteroatoms. The molecule has 2 aromatic carbocycles. The Morgan fingerprint density at radius 3 is 2.21 bits per heavy atom. The molecule has 0 spiro atoms. The highest BCUT2D eigenvalue weighted by Crippen LogP contribution is 2.41. The molecule has 2 amide bonds. The SMILES string of the molecule is COC(=O)C1C(C)=NC(C)=C(C(=O)OCCN2C(=O)c3ccccc3C2=O)C1c1cccc(C(F)(F)F)c1. The van der Waals surface area contributed by atoms with Crippen molar-refractivity contribution in [2.24, 2.45) is 10.9 Å². The lowest BCUT2D eigenvalue weighted by atomic mass is 9.75. The number of alkyl halides is 3. The van der Waals surface area contributed by atoms with Gasteiger partial charge in [-0.05, 0) is 37.6 Å². The maximum absolute atomic E-state index is 13.5. The Hall–Kier alpha value is -4.28. The number of hydrogen-bond donors (Lipinski definition) is 0. The molecule has 0 saturated carbocycles. The van der Waals surface area contributed by atoms with Gasteiger partial charge in [0, 0.05) is 17.3 Å². The Morgan fingerprint density at radius 2 is 1.63 bits per heavy atom. The predicted octanol–water partition coefficient (Wildman–Crippen LogP) is 4.17. The van der Waals surface area contributed by atoms with Gasteiger partial charge in [0.25, 0.3) is 11.8 Å². The lowest BCUT2D eigenvalue weighted by molar-refractivity contribution is -0.144. The van der Waals surface area contributed by atoms with E-state index in [9.17, 15) is 32.3 Å². The molecule has 2 heterocycles. The summed E-state index contributed by atoms with van der Waals surface area (Å²) in [5.74, 6) is -5.12. The Morgan fingerprint density at radius 1 is 1.00 bits per heavy atom. The van der Waals surface area contributed by atoms with E-state index in [4.69, 9.17) is 9.47 Å². The monoisotopic (exact) mass is 528 g/mol. The van der Waals surface area contributed by atoms with Gasteiger partial charge in [-0.15, -0.1) is 0 Å². The van der Waals surface area contributed by atoms with Crippen LogP contribution in [0.25, 0.3) is 0 Å². The van der Waals surface area contributed by atoms with Crippen molar-refractivity contribution in [1.82, 2.24) is 4.90 Å². The van der Waals surface area contributed by atoms with Gasteiger partial charge >= 0.3 is 18.1 Å². The van der Waals surface area contributed by atoms with Crippen molar-refractivity contribution in [3.8, 4) is 0 Å². The zero-order valence-corrected chi connectivity index (χ0v) is 20.7. The van der Waals surface area contributed by atoms with Gasteiger partial charge in [-0.2, -0.15) is 13.2 Å². The van der Waals surface area contributed by atoms with E-state index in [1.54, 1.807) is 12.1 Å². The average molecular weight is 528 g/mol. The standard InChI is InChI=1S/C27H23F3N2O6/c1-14-20(25(35)37-3)22(16-7-6-8-17(13-16)27(28,29)30)21(15(2)31-14)26(36)38-12-11-32-23(33)18-9-4-5-10-19(18)24(32)34/h4-10,13,20,22H,11-12H2,1-3H3. The molecule has 0 fully saturated rings. The number of carbonyl (C=O) groups is 4. The van der Waals surface area contributed by atoms with Gasteiger partial charge in [0.15, 0.2) is 0 Å². The molecular formula is C27H23F3N2O6. The number of carbonyl (C=O) groups excluding carboxylic acids is 4. The van der Waals surface area contributed by atoms with E-state index >= 15 is 0 Å². The smallest absolute Gasteiger partial charge is 0.416 e. The quantitative estimate of drug-likeness (QED) is 0.412. The van der Waals surface area contributed by atoms with E-state index in [1.165, 1.54) is 38.1 Å². The number of aliphatic imine (C=N–C) groups is 1. The Labute approximate surface area is 215 Å². The molecule has 0 radical (unpaired) electrons. The first-order valence-corrected chi connectivity index (χ1v) is 11.6. The Bertz CT molecular complexity index is 1360. The first-order chi connectivity index (χ1) is 18.0. The number of halogens is 3. The van der Waals surface area contributed by atoms with Crippen molar-refractivity contribution in [3.63, 3.8) is 0 Å². The largest absolute Gasteiger partial charge is 0.468 e. The normalized spacial score (nSPS) is 19.3. The number of amides is 2. The van der Waals surface area contributed by atoms with Crippen molar-refractivity contribution in [3.05, 3.63) is 82.1 Å². The van der Waals surface area contributed by atoms with Gasteiger partial charge in [-0.3, -0.25) is 24.3 Å². The van der Waals surface area contributed by atoms with E-state index in [0.29, 0.717) is 0 Å². The summed E-state index contributed by atoms with van der Waals surface area (Å²) in [4.78, 5) is 56.3. The summed E-state index contributed by atoms with van der Waals surface area (Å²) in [5.41, 5.74) is -0.108. The molecule has 2 aromatic rings. The number of hydrogen-bond acceptors (Lipinski definition) is 7. The number of rotatable bonds is 6. The van der Waals surface area contributed by atoms with Crippen molar-refractivity contribution < 1.29 is 41.8 Å². The molecule has 0 N–H and O–H groups in total. The van der Waals surface area contributed by atoms with E-state index in [0.717, 1.165) is 24.1 Å². The number of imide groups is 1. The number of methoxy groups -OCH3 is 1. The number of esters is 2. The van der Waals surface area contributed by atoms with Crippen LogP contribution in [0.4, 0.5) is 13.2 Å². The summed E-state index contributed by atoms with van der Waals surface area (Å²) >= 11 is 0. The summed E-state index contributed by atoms with van der Waals surface area (Å²) in [6.07, 6.45) is -4.65. The molecule has 2 unspecified atom stereocenters. The number of ether oxygens (including phenoxy) is 2. The van der Waals surface area contributed by atoms with E-state index in [1.807, 2.05) is 0 Å². The molecule has 8 nitrogen and oxygen atoms in total. The third kappa shape index (κ3) is 4.83. The third-order valence-corrected chi connectivity index (χ3v) is 6.50. The highest BCUT2D eigenvalue weighted by molar-refractivity contribution is 6.21. The minimum Gasteiger partial charge on any atom is -0.468 e. The molecule has 38 heavy (non-hydrogen) atoms. The van der Waals surface area contributed by atoms with Crippen LogP contribution in [0.3, 0.4) is 0 Å². The van der Waals surface area contributed by atoms with Crippen LogP contribution in [-0.2, 0) is 25.2 Å². The maximum Gasteiger partial charge on any atom is 0.416 e. The Kier molecular flexibility index (Phi) is 7.21. The highest BCUT2D eigenvalue weighted by atomic mass is 19.4. The zero-order valence-electron chi connectivity index (χ0n) is 20.7. The minimum atomic E-state index is -4.65. The second kappa shape index (κ2) is 10.2. The maximum atomic E-state index is 13.5. The van der Waals surface area contributed by atoms with Crippen LogP contribution in [-0.4, -0.2) is 54.6 Å². The number of fused-ring (bicyclic) bond motifs is 1.